The molecule has 0 bridgehead atoms. The van der Waals surface area contributed by atoms with Gasteiger partial charge in [0.05, 0.1) is 0 Å². The van der Waals surface area contributed by atoms with Crippen LogP contribution < -0.4 is 0 Å². The molecule has 1 unspecified atom stereocenters. The molecule has 2 saturated heterocycles. The standard InChI is InChI=1S/C15H20F2N2O/c16-13-7-11(8-14(17)15(13)20)9-18-6-3-12(10-18)19-4-1-2-5-19/h7-8,12,20H,1-6,9-10H2. The molecule has 1 N–H and O–H groups in total. The van der Waals surface area contributed by atoms with Crippen molar-refractivity contribution in [3.8, 4) is 5.75 Å². The molecule has 3 rings (SSSR count). The number of likely N-dealkylation sites (tertiary alicyclic amines) is 2. The van der Waals surface area contributed by atoms with Crippen LogP contribution in [0.4, 0.5) is 8.78 Å². The summed E-state index contributed by atoms with van der Waals surface area (Å²) in [5, 5.41) is 9.11. The lowest BCUT2D eigenvalue weighted by molar-refractivity contribution is 0.229. The average Bonchev–Trinajstić information content (AvgIpc) is 3.05. The summed E-state index contributed by atoms with van der Waals surface area (Å²) in [6.45, 7) is 4.83. The lowest BCUT2D eigenvalue weighted by Crippen LogP contribution is -2.35. The predicted molar refractivity (Wildman–Crippen MR) is 72.5 cm³/mol. The van der Waals surface area contributed by atoms with Gasteiger partial charge in [-0.2, -0.15) is 0 Å². The Labute approximate surface area is 117 Å². The number of hydrogen-bond donors (Lipinski definition) is 1. The van der Waals surface area contributed by atoms with Gasteiger partial charge in [-0.05, 0) is 50.0 Å². The van der Waals surface area contributed by atoms with Gasteiger partial charge in [0.1, 0.15) is 0 Å². The first kappa shape index (κ1) is 13.8. The molecular weight excluding hydrogens is 262 g/mol. The Morgan fingerprint density at radius 3 is 2.40 bits per heavy atom. The Balaban J connectivity index is 1.61. The summed E-state index contributed by atoms with van der Waals surface area (Å²) in [7, 11) is 0. The van der Waals surface area contributed by atoms with Crippen LogP contribution in [0.2, 0.25) is 0 Å². The average molecular weight is 282 g/mol. The van der Waals surface area contributed by atoms with E-state index in [9.17, 15) is 8.78 Å². The van der Waals surface area contributed by atoms with Gasteiger partial charge in [0.15, 0.2) is 17.4 Å². The van der Waals surface area contributed by atoms with Crippen LogP contribution in [0, 0.1) is 11.6 Å². The molecule has 20 heavy (non-hydrogen) atoms. The SMILES string of the molecule is Oc1c(F)cc(CN2CCC(N3CCCC3)C2)cc1F. The van der Waals surface area contributed by atoms with Crippen molar-refractivity contribution in [1.29, 1.82) is 0 Å². The van der Waals surface area contributed by atoms with Gasteiger partial charge < -0.3 is 5.11 Å². The molecule has 2 aliphatic heterocycles. The summed E-state index contributed by atoms with van der Waals surface area (Å²) >= 11 is 0. The van der Waals surface area contributed by atoms with Gasteiger partial charge in [-0.1, -0.05) is 0 Å². The zero-order valence-corrected chi connectivity index (χ0v) is 11.5. The maximum Gasteiger partial charge on any atom is 0.187 e. The van der Waals surface area contributed by atoms with E-state index in [-0.39, 0.29) is 0 Å². The van der Waals surface area contributed by atoms with Gasteiger partial charge >= 0.3 is 0 Å². The van der Waals surface area contributed by atoms with Crippen molar-refractivity contribution in [1.82, 2.24) is 9.80 Å². The number of phenols is 1. The van der Waals surface area contributed by atoms with Crippen LogP contribution in [0.5, 0.6) is 5.75 Å². The second-order valence-electron chi connectivity index (χ2n) is 5.83. The Bertz CT molecular complexity index is 466. The first-order chi connectivity index (χ1) is 9.63. The van der Waals surface area contributed by atoms with Crippen LogP contribution in [0.25, 0.3) is 0 Å². The number of rotatable bonds is 3. The summed E-state index contributed by atoms with van der Waals surface area (Å²) in [6, 6.07) is 3.03. The second-order valence-corrected chi connectivity index (χ2v) is 5.83. The number of benzene rings is 1. The second kappa shape index (κ2) is 5.66. The van der Waals surface area contributed by atoms with Gasteiger partial charge in [-0.15, -0.1) is 0 Å². The Morgan fingerprint density at radius 2 is 1.75 bits per heavy atom. The van der Waals surface area contributed by atoms with Gasteiger partial charge in [-0.25, -0.2) is 8.78 Å². The number of hydrogen-bond acceptors (Lipinski definition) is 3. The van der Waals surface area contributed by atoms with Crippen LogP contribution in [0.3, 0.4) is 0 Å². The predicted octanol–water partition coefficient (Wildman–Crippen LogP) is 2.34. The van der Waals surface area contributed by atoms with Crippen LogP contribution in [-0.4, -0.2) is 47.1 Å². The number of halogens is 2. The molecule has 0 aromatic heterocycles. The third kappa shape index (κ3) is 2.79. The minimum Gasteiger partial charge on any atom is -0.503 e. The molecule has 110 valence electrons. The molecule has 0 spiro atoms. The molecule has 0 radical (unpaired) electrons. The summed E-state index contributed by atoms with van der Waals surface area (Å²) in [5.41, 5.74) is 0.583. The van der Waals surface area contributed by atoms with Crippen LogP contribution in [-0.2, 0) is 6.54 Å². The monoisotopic (exact) mass is 282 g/mol. The maximum atomic E-state index is 13.3. The van der Waals surface area contributed by atoms with E-state index in [2.05, 4.69) is 9.80 Å². The highest BCUT2D eigenvalue weighted by molar-refractivity contribution is 5.30. The molecule has 5 heteroatoms. The topological polar surface area (TPSA) is 26.7 Å². The smallest absolute Gasteiger partial charge is 0.187 e. The molecule has 2 fully saturated rings. The van der Waals surface area contributed by atoms with Crippen LogP contribution in [0.15, 0.2) is 12.1 Å². The number of nitrogens with zero attached hydrogens (tertiary/aromatic N) is 2. The fraction of sp³-hybridized carbons (Fsp3) is 0.600. The highest BCUT2D eigenvalue weighted by atomic mass is 19.1. The van der Waals surface area contributed by atoms with E-state index in [1.165, 1.54) is 38.1 Å². The lowest BCUT2D eigenvalue weighted by atomic mass is 10.2. The largest absolute Gasteiger partial charge is 0.503 e. The van der Waals surface area contributed by atoms with Crippen molar-refractivity contribution in [2.45, 2.75) is 31.8 Å². The van der Waals surface area contributed by atoms with E-state index in [4.69, 9.17) is 5.11 Å². The lowest BCUT2D eigenvalue weighted by Gasteiger charge is -2.23. The van der Waals surface area contributed by atoms with Crippen molar-refractivity contribution in [2.24, 2.45) is 0 Å². The molecule has 0 aliphatic carbocycles. The van der Waals surface area contributed by atoms with E-state index < -0.39 is 17.4 Å². The summed E-state index contributed by atoms with van der Waals surface area (Å²) in [5.74, 6) is -2.64. The highest BCUT2D eigenvalue weighted by Gasteiger charge is 2.29. The Hall–Kier alpha value is -1.20. The van der Waals surface area contributed by atoms with Gasteiger partial charge in [-0.3, -0.25) is 9.80 Å². The first-order valence-electron chi connectivity index (χ1n) is 7.27. The van der Waals surface area contributed by atoms with Crippen molar-refractivity contribution in [2.75, 3.05) is 26.2 Å². The molecule has 1 atom stereocenters. The van der Waals surface area contributed by atoms with Crippen LogP contribution in [0.1, 0.15) is 24.8 Å². The summed E-state index contributed by atoms with van der Waals surface area (Å²) in [6.07, 6.45) is 3.69. The zero-order valence-electron chi connectivity index (χ0n) is 11.5. The molecule has 1 aromatic carbocycles. The molecule has 0 amide bonds. The van der Waals surface area contributed by atoms with Crippen molar-refractivity contribution >= 4 is 0 Å². The Morgan fingerprint density at radius 1 is 1.10 bits per heavy atom. The minimum atomic E-state index is -0.884. The third-order valence-electron chi connectivity index (χ3n) is 4.39. The highest BCUT2D eigenvalue weighted by Crippen LogP contribution is 2.25. The molecule has 1 aromatic rings. The number of aromatic hydroxyl groups is 1. The van der Waals surface area contributed by atoms with Gasteiger partial charge in [0.2, 0.25) is 0 Å². The number of phenolic OH excluding ortho intramolecular Hbond substituents is 1. The third-order valence-corrected chi connectivity index (χ3v) is 4.39. The summed E-state index contributed by atoms with van der Waals surface area (Å²) < 4.78 is 26.6. The molecule has 2 heterocycles. The fourth-order valence-corrected chi connectivity index (χ4v) is 3.33. The summed E-state index contributed by atoms with van der Waals surface area (Å²) in [4.78, 5) is 4.76. The van der Waals surface area contributed by atoms with E-state index >= 15 is 0 Å². The maximum absolute atomic E-state index is 13.3. The molecule has 0 saturated carbocycles. The normalized spacial score (nSPS) is 24.6. The first-order valence-corrected chi connectivity index (χ1v) is 7.27. The Kier molecular flexibility index (Phi) is 3.89. The van der Waals surface area contributed by atoms with E-state index in [0.29, 0.717) is 18.2 Å². The van der Waals surface area contributed by atoms with Gasteiger partial charge in [0, 0.05) is 25.7 Å². The van der Waals surface area contributed by atoms with Crippen LogP contribution >= 0.6 is 0 Å². The zero-order chi connectivity index (χ0) is 14.1. The molecular formula is C15H20F2N2O. The fourth-order valence-electron chi connectivity index (χ4n) is 3.33. The van der Waals surface area contributed by atoms with E-state index in [1.54, 1.807) is 0 Å². The molecule has 2 aliphatic rings. The quantitative estimate of drug-likeness (QED) is 0.922. The van der Waals surface area contributed by atoms with Gasteiger partial charge in [0.25, 0.3) is 0 Å². The van der Waals surface area contributed by atoms with Crippen molar-refractivity contribution in [3.05, 3.63) is 29.3 Å². The molecule has 3 nitrogen and oxygen atoms in total. The van der Waals surface area contributed by atoms with E-state index in [1.807, 2.05) is 0 Å². The van der Waals surface area contributed by atoms with Crippen molar-refractivity contribution in [3.63, 3.8) is 0 Å². The van der Waals surface area contributed by atoms with E-state index in [0.717, 1.165) is 19.5 Å². The minimum absolute atomic E-state index is 0.540. The van der Waals surface area contributed by atoms with Crippen molar-refractivity contribution < 1.29 is 13.9 Å².